The van der Waals surface area contributed by atoms with E-state index in [1.165, 1.54) is 0 Å². The van der Waals surface area contributed by atoms with Gasteiger partial charge in [-0.05, 0) is 6.42 Å². The molecule has 0 aliphatic carbocycles. The first-order chi connectivity index (χ1) is 16.1. The molecule has 1 saturated heterocycles. The number of imide groups is 7. The van der Waals surface area contributed by atoms with Crippen LogP contribution in [0.5, 0.6) is 0 Å². The first kappa shape index (κ1) is 24.2. The molecule has 3 aliphatic rings. The Balaban J connectivity index is 1.61. The normalized spacial score (nSPS) is 18.4. The van der Waals surface area contributed by atoms with E-state index in [1.807, 2.05) is 0 Å². The van der Waals surface area contributed by atoms with Gasteiger partial charge in [-0.25, -0.2) is 14.6 Å². The molecule has 3 aliphatic heterocycles. The number of amides is 8. The molecule has 1 unspecified atom stereocenters. The third-order valence-corrected chi connectivity index (χ3v) is 4.96. The maximum Gasteiger partial charge on any atom is 0.533 e. The second kappa shape index (κ2) is 9.97. The third-order valence-electron chi connectivity index (χ3n) is 4.96. The molecular formula is C20H17N3O11. The molecule has 0 spiro atoms. The summed E-state index contributed by atoms with van der Waals surface area (Å²) in [7, 11) is 0. The molecule has 0 aromatic heterocycles. The molecule has 3 rings (SSSR count). The van der Waals surface area contributed by atoms with E-state index in [0.29, 0.717) is 9.80 Å². The highest BCUT2D eigenvalue weighted by molar-refractivity contribution is 6.23. The zero-order valence-corrected chi connectivity index (χ0v) is 17.5. The quantitative estimate of drug-likeness (QED) is 0.307. The lowest BCUT2D eigenvalue weighted by atomic mass is 9.99. The molecule has 1 fully saturated rings. The summed E-state index contributed by atoms with van der Waals surface area (Å²) < 4.78 is 4.85. The Morgan fingerprint density at radius 1 is 0.765 bits per heavy atom. The molecule has 8 amide bonds. The fraction of sp³-hybridized carbons (Fsp3) is 0.350. The third kappa shape index (κ3) is 5.28. The molecular weight excluding hydrogens is 458 g/mol. The molecule has 0 N–H and O–H groups in total. The molecule has 0 radical (unpaired) electrons. The monoisotopic (exact) mass is 475 g/mol. The van der Waals surface area contributed by atoms with Crippen LogP contribution in [0.3, 0.4) is 0 Å². The number of rotatable bonds is 8. The Hall–Kier alpha value is -4.49. The number of nitrogens with zero attached hydrogens (tertiary/aromatic N) is 3. The highest BCUT2D eigenvalue weighted by atomic mass is 16.8. The first-order valence-electron chi connectivity index (χ1n) is 9.97. The van der Waals surface area contributed by atoms with Crippen LogP contribution in [0.1, 0.15) is 32.1 Å². The maximum absolute atomic E-state index is 12.5. The smallest absolute Gasteiger partial charge is 0.432 e. The van der Waals surface area contributed by atoms with E-state index < -0.39 is 78.8 Å². The summed E-state index contributed by atoms with van der Waals surface area (Å²) in [6, 6.07) is 0. The summed E-state index contributed by atoms with van der Waals surface area (Å²) >= 11 is 0. The van der Waals surface area contributed by atoms with Gasteiger partial charge in [0.15, 0.2) is 0 Å². The van der Waals surface area contributed by atoms with Crippen molar-refractivity contribution in [1.82, 2.24) is 14.9 Å². The van der Waals surface area contributed by atoms with Gasteiger partial charge in [-0.2, -0.15) is 0 Å². The van der Waals surface area contributed by atoms with E-state index in [-0.39, 0.29) is 24.3 Å². The van der Waals surface area contributed by atoms with Crippen LogP contribution in [0.15, 0.2) is 24.3 Å². The van der Waals surface area contributed by atoms with Crippen LogP contribution in [0.2, 0.25) is 0 Å². The fourth-order valence-electron chi connectivity index (χ4n) is 3.26. The molecule has 0 aromatic carbocycles. The van der Waals surface area contributed by atoms with E-state index in [4.69, 9.17) is 4.74 Å². The molecule has 0 saturated carbocycles. The molecule has 14 nitrogen and oxygen atoms in total. The molecule has 0 aromatic rings. The van der Waals surface area contributed by atoms with Gasteiger partial charge in [-0.3, -0.25) is 43.2 Å². The minimum Gasteiger partial charge on any atom is -0.432 e. The summed E-state index contributed by atoms with van der Waals surface area (Å²) in [5.41, 5.74) is 0. The van der Waals surface area contributed by atoms with Crippen molar-refractivity contribution in [2.45, 2.75) is 32.1 Å². The highest BCUT2D eigenvalue weighted by Crippen LogP contribution is 2.19. The van der Waals surface area contributed by atoms with Crippen LogP contribution in [0, 0.1) is 5.92 Å². The lowest BCUT2D eigenvalue weighted by Crippen LogP contribution is -2.39. The molecule has 3 heterocycles. The summed E-state index contributed by atoms with van der Waals surface area (Å²) in [4.78, 5) is 112. The summed E-state index contributed by atoms with van der Waals surface area (Å²) in [6.07, 6.45) is 0.775. The molecule has 178 valence electrons. The largest absolute Gasteiger partial charge is 0.533 e. The van der Waals surface area contributed by atoms with E-state index in [1.54, 1.807) is 0 Å². The fourth-order valence-corrected chi connectivity index (χ4v) is 3.26. The van der Waals surface area contributed by atoms with Gasteiger partial charge < -0.3 is 4.74 Å². The van der Waals surface area contributed by atoms with Gasteiger partial charge in [0.25, 0.3) is 35.4 Å². The molecule has 14 heteroatoms. The second-order valence-electron chi connectivity index (χ2n) is 7.32. The SMILES string of the molecule is O=C(OCC(CCC(=O)N1C(=O)C=CC1=O)CC(=O)N1C(=O)C=CC1=O)ON1C(=O)CCC1=O. The number of carbonyl (C=O) groups excluding carboxylic acids is 9. The Labute approximate surface area is 190 Å². The lowest BCUT2D eigenvalue weighted by molar-refractivity contribution is -0.177. The van der Waals surface area contributed by atoms with Gasteiger partial charge in [0, 0.05) is 55.9 Å². The van der Waals surface area contributed by atoms with Crippen LogP contribution >= 0.6 is 0 Å². The number of hydrogen-bond acceptors (Lipinski definition) is 11. The zero-order valence-electron chi connectivity index (χ0n) is 17.5. The Bertz CT molecular complexity index is 1020. The minimum atomic E-state index is -1.43. The molecule has 0 bridgehead atoms. The van der Waals surface area contributed by atoms with Gasteiger partial charge in [0.2, 0.25) is 11.8 Å². The van der Waals surface area contributed by atoms with Crippen molar-refractivity contribution in [3.63, 3.8) is 0 Å². The van der Waals surface area contributed by atoms with Gasteiger partial charge in [-0.15, -0.1) is 0 Å². The molecule has 1 atom stereocenters. The van der Waals surface area contributed by atoms with E-state index in [2.05, 4.69) is 4.84 Å². The van der Waals surface area contributed by atoms with E-state index >= 15 is 0 Å². The average Bonchev–Trinajstić information content (AvgIpc) is 3.41. The highest BCUT2D eigenvalue weighted by Gasteiger charge is 2.35. The van der Waals surface area contributed by atoms with Crippen LogP contribution in [-0.4, -0.2) is 74.9 Å². The molecule has 34 heavy (non-hydrogen) atoms. The number of carbonyl (C=O) groups is 9. The van der Waals surface area contributed by atoms with E-state index in [0.717, 1.165) is 24.3 Å². The van der Waals surface area contributed by atoms with Crippen LogP contribution in [0.25, 0.3) is 0 Å². The Morgan fingerprint density at radius 2 is 1.24 bits per heavy atom. The summed E-state index contributed by atoms with van der Waals surface area (Å²) in [5, 5.41) is 0.247. The number of ether oxygens (including phenoxy) is 1. The topological polar surface area (TPSA) is 182 Å². The van der Waals surface area contributed by atoms with Gasteiger partial charge in [0.1, 0.15) is 0 Å². The summed E-state index contributed by atoms with van der Waals surface area (Å²) in [5.74, 6) is -7.65. The van der Waals surface area contributed by atoms with Crippen molar-refractivity contribution in [2.24, 2.45) is 5.92 Å². The van der Waals surface area contributed by atoms with Crippen molar-refractivity contribution >= 4 is 53.4 Å². The minimum absolute atomic E-state index is 0.139. The second-order valence-corrected chi connectivity index (χ2v) is 7.32. The first-order valence-corrected chi connectivity index (χ1v) is 9.97. The Morgan fingerprint density at radius 3 is 1.74 bits per heavy atom. The van der Waals surface area contributed by atoms with Gasteiger partial charge >= 0.3 is 6.16 Å². The number of hydroxylamine groups is 2. The summed E-state index contributed by atoms with van der Waals surface area (Å²) in [6.45, 7) is -0.572. The zero-order chi connectivity index (χ0) is 25.0. The van der Waals surface area contributed by atoms with Crippen molar-refractivity contribution in [3.05, 3.63) is 24.3 Å². The van der Waals surface area contributed by atoms with Gasteiger partial charge in [0.05, 0.1) is 6.61 Å². The number of hydrogen-bond donors (Lipinski definition) is 0. The Kier molecular flexibility index (Phi) is 7.09. The van der Waals surface area contributed by atoms with Crippen molar-refractivity contribution in [2.75, 3.05) is 6.61 Å². The van der Waals surface area contributed by atoms with Crippen molar-refractivity contribution < 1.29 is 52.7 Å². The van der Waals surface area contributed by atoms with Crippen LogP contribution in [0.4, 0.5) is 4.79 Å². The predicted octanol–water partition coefficient (Wildman–Crippen LogP) is -1.11. The van der Waals surface area contributed by atoms with Crippen LogP contribution in [-0.2, 0) is 47.9 Å². The van der Waals surface area contributed by atoms with E-state index in [9.17, 15) is 43.2 Å². The van der Waals surface area contributed by atoms with Gasteiger partial charge in [-0.1, -0.05) is 5.06 Å². The average molecular weight is 475 g/mol. The maximum atomic E-state index is 12.5. The van der Waals surface area contributed by atoms with Crippen molar-refractivity contribution in [3.8, 4) is 0 Å². The standard InChI is InChI=1S/C20H17N3O11/c24-12(21-13(25)3-4-14(21)26)2-1-11(9-19(31)22-15(27)5-6-16(22)28)10-33-20(32)34-23-17(29)7-8-18(23)30/h3-6,11H,1-2,7-10H2. The predicted molar refractivity (Wildman–Crippen MR) is 103 cm³/mol. The van der Waals surface area contributed by atoms with Crippen LogP contribution < -0.4 is 0 Å². The lowest BCUT2D eigenvalue weighted by Gasteiger charge is -2.20. The van der Waals surface area contributed by atoms with Crippen molar-refractivity contribution in [1.29, 1.82) is 0 Å².